The lowest BCUT2D eigenvalue weighted by atomic mass is 10.2. The van der Waals surface area contributed by atoms with E-state index in [1.54, 1.807) is 30.3 Å². The molecule has 0 bridgehead atoms. The molecule has 2 aromatic carbocycles. The maximum atomic E-state index is 11.9. The molecule has 0 radical (unpaired) electrons. The summed E-state index contributed by atoms with van der Waals surface area (Å²) in [4.78, 5) is 13.9. The van der Waals surface area contributed by atoms with Crippen molar-refractivity contribution in [1.29, 1.82) is 0 Å². The Morgan fingerprint density at radius 2 is 1.73 bits per heavy atom. The van der Waals surface area contributed by atoms with Gasteiger partial charge in [0.2, 0.25) is 15.9 Å². The van der Waals surface area contributed by atoms with Crippen LogP contribution in [0.2, 0.25) is 0 Å². The quantitative estimate of drug-likeness (QED) is 0.696. The Morgan fingerprint density at radius 1 is 1.08 bits per heavy atom. The summed E-state index contributed by atoms with van der Waals surface area (Å²) in [6, 6.07) is 16.7. The predicted octanol–water partition coefficient (Wildman–Crippen LogP) is 2.32. The van der Waals surface area contributed by atoms with Crippen molar-refractivity contribution in [2.24, 2.45) is 0 Å². The number of amides is 1. The normalized spacial score (nSPS) is 11.3. The maximum absolute atomic E-state index is 11.9. The van der Waals surface area contributed by atoms with Crippen molar-refractivity contribution in [3.8, 4) is 0 Å². The Morgan fingerprint density at radius 3 is 2.35 bits per heavy atom. The van der Waals surface area contributed by atoms with Gasteiger partial charge in [-0.1, -0.05) is 30.3 Å². The molecular formula is C19H23N3O3S. The number of nitrogens with one attached hydrogen (secondary N) is 2. The molecule has 0 aliphatic rings. The molecule has 2 rings (SSSR count). The van der Waals surface area contributed by atoms with E-state index in [0.29, 0.717) is 18.8 Å². The van der Waals surface area contributed by atoms with Crippen molar-refractivity contribution in [1.82, 2.24) is 5.32 Å². The van der Waals surface area contributed by atoms with E-state index < -0.39 is 10.0 Å². The molecule has 0 fully saturated rings. The summed E-state index contributed by atoms with van der Waals surface area (Å²) in [6.07, 6.45) is 4.24. The largest absolute Gasteiger partial charge is 0.373 e. The first-order valence-electron chi connectivity index (χ1n) is 8.13. The van der Waals surface area contributed by atoms with Crippen molar-refractivity contribution < 1.29 is 13.2 Å². The molecule has 0 aromatic heterocycles. The average molecular weight is 373 g/mol. The summed E-state index contributed by atoms with van der Waals surface area (Å²) in [6.45, 7) is 1.24. The zero-order valence-electron chi connectivity index (χ0n) is 14.8. The maximum Gasteiger partial charge on any atom is 0.244 e. The molecular weight excluding hydrogens is 350 g/mol. The van der Waals surface area contributed by atoms with Gasteiger partial charge in [0, 0.05) is 37.6 Å². The highest BCUT2D eigenvalue weighted by Crippen LogP contribution is 2.12. The van der Waals surface area contributed by atoms with Crippen LogP contribution in [0.1, 0.15) is 5.56 Å². The number of hydrogen-bond donors (Lipinski definition) is 2. The molecule has 1 amide bonds. The number of hydrogen-bond acceptors (Lipinski definition) is 4. The molecule has 2 N–H and O–H groups in total. The summed E-state index contributed by atoms with van der Waals surface area (Å²) in [7, 11) is -1.31. The van der Waals surface area contributed by atoms with E-state index in [1.807, 2.05) is 37.4 Å². The van der Waals surface area contributed by atoms with Crippen LogP contribution in [0, 0.1) is 0 Å². The van der Waals surface area contributed by atoms with Crippen LogP contribution in [-0.4, -0.2) is 40.7 Å². The van der Waals surface area contributed by atoms with Crippen molar-refractivity contribution in [2.45, 2.75) is 0 Å². The highest BCUT2D eigenvalue weighted by atomic mass is 32.2. The SMILES string of the molecule is CN(CCNC(=O)/C=C/c1ccc(NS(C)(=O)=O)cc1)c1ccccc1. The van der Waals surface area contributed by atoms with Gasteiger partial charge in [-0.25, -0.2) is 8.42 Å². The lowest BCUT2D eigenvalue weighted by Crippen LogP contribution is -2.31. The van der Waals surface area contributed by atoms with Crippen LogP contribution in [0.3, 0.4) is 0 Å². The van der Waals surface area contributed by atoms with Gasteiger partial charge in [0.15, 0.2) is 0 Å². The minimum atomic E-state index is -3.29. The number of carbonyl (C=O) groups excluding carboxylic acids is 1. The second-order valence-corrected chi connectivity index (χ2v) is 7.63. The summed E-state index contributed by atoms with van der Waals surface area (Å²) in [5.74, 6) is -0.176. The summed E-state index contributed by atoms with van der Waals surface area (Å²) in [5.41, 5.74) is 2.39. The molecule has 0 spiro atoms. The zero-order chi connectivity index (χ0) is 19.0. The number of likely N-dealkylation sites (N-methyl/N-ethyl adjacent to an activating group) is 1. The highest BCUT2D eigenvalue weighted by molar-refractivity contribution is 7.92. The third-order valence-electron chi connectivity index (χ3n) is 3.58. The molecule has 6 nitrogen and oxygen atoms in total. The van der Waals surface area contributed by atoms with Crippen molar-refractivity contribution in [3.05, 3.63) is 66.2 Å². The number of para-hydroxylation sites is 1. The van der Waals surface area contributed by atoms with E-state index in [-0.39, 0.29) is 5.91 Å². The number of rotatable bonds is 8. The highest BCUT2D eigenvalue weighted by Gasteiger charge is 2.02. The lowest BCUT2D eigenvalue weighted by molar-refractivity contribution is -0.116. The van der Waals surface area contributed by atoms with E-state index in [0.717, 1.165) is 17.5 Å². The van der Waals surface area contributed by atoms with Crippen molar-refractivity contribution in [3.63, 3.8) is 0 Å². The first kappa shape index (κ1) is 19.5. The van der Waals surface area contributed by atoms with Crippen LogP contribution >= 0.6 is 0 Å². The van der Waals surface area contributed by atoms with E-state index in [4.69, 9.17) is 0 Å². The lowest BCUT2D eigenvalue weighted by Gasteiger charge is -2.19. The van der Waals surface area contributed by atoms with Crippen LogP contribution in [0.5, 0.6) is 0 Å². The molecule has 0 heterocycles. The number of nitrogens with zero attached hydrogens (tertiary/aromatic N) is 1. The van der Waals surface area contributed by atoms with Gasteiger partial charge >= 0.3 is 0 Å². The topological polar surface area (TPSA) is 78.5 Å². The van der Waals surface area contributed by atoms with Gasteiger partial charge in [0.05, 0.1) is 6.26 Å². The standard InChI is InChI=1S/C19H23N3O3S/c1-22(18-6-4-3-5-7-18)15-14-20-19(23)13-10-16-8-11-17(12-9-16)21-26(2,24)25/h3-13,21H,14-15H2,1-2H3,(H,20,23)/b13-10+. The van der Waals surface area contributed by atoms with Gasteiger partial charge in [-0.15, -0.1) is 0 Å². The van der Waals surface area contributed by atoms with Crippen molar-refractivity contribution >= 4 is 33.4 Å². The molecule has 2 aromatic rings. The fraction of sp³-hybridized carbons (Fsp3) is 0.211. The first-order chi connectivity index (χ1) is 12.3. The average Bonchev–Trinajstić information content (AvgIpc) is 2.60. The molecule has 138 valence electrons. The van der Waals surface area contributed by atoms with Crippen LogP contribution in [0.25, 0.3) is 6.08 Å². The number of sulfonamides is 1. The van der Waals surface area contributed by atoms with Crippen LogP contribution in [-0.2, 0) is 14.8 Å². The fourth-order valence-electron chi connectivity index (χ4n) is 2.27. The Hall–Kier alpha value is -2.80. The second kappa shape index (κ2) is 9.05. The predicted molar refractivity (Wildman–Crippen MR) is 107 cm³/mol. The molecule has 0 saturated heterocycles. The van der Waals surface area contributed by atoms with Crippen molar-refractivity contribution in [2.75, 3.05) is 36.0 Å². The van der Waals surface area contributed by atoms with Crippen LogP contribution in [0.4, 0.5) is 11.4 Å². The summed E-state index contributed by atoms with van der Waals surface area (Å²) < 4.78 is 24.7. The van der Waals surface area contributed by atoms with Gasteiger partial charge in [0.25, 0.3) is 0 Å². The summed E-state index contributed by atoms with van der Waals surface area (Å²) in [5, 5.41) is 2.84. The first-order valence-corrected chi connectivity index (χ1v) is 10.0. The molecule has 0 unspecified atom stereocenters. The molecule has 0 atom stereocenters. The Balaban J connectivity index is 1.78. The van der Waals surface area contributed by atoms with Crippen LogP contribution < -0.4 is 14.9 Å². The minimum Gasteiger partial charge on any atom is -0.373 e. The smallest absolute Gasteiger partial charge is 0.244 e. The monoisotopic (exact) mass is 373 g/mol. The van der Waals surface area contributed by atoms with Gasteiger partial charge in [-0.05, 0) is 35.9 Å². The van der Waals surface area contributed by atoms with E-state index in [9.17, 15) is 13.2 Å². The third-order valence-corrected chi connectivity index (χ3v) is 4.19. The molecule has 7 heteroatoms. The number of anilines is 2. The minimum absolute atomic E-state index is 0.176. The fourth-order valence-corrected chi connectivity index (χ4v) is 2.83. The van der Waals surface area contributed by atoms with Gasteiger partial charge in [0.1, 0.15) is 0 Å². The van der Waals surface area contributed by atoms with E-state index in [2.05, 4.69) is 14.9 Å². The Kier molecular flexibility index (Phi) is 6.80. The zero-order valence-corrected chi connectivity index (χ0v) is 15.7. The van der Waals surface area contributed by atoms with E-state index in [1.165, 1.54) is 6.08 Å². The molecule has 0 aliphatic carbocycles. The molecule has 26 heavy (non-hydrogen) atoms. The molecule has 0 aliphatic heterocycles. The third kappa shape index (κ3) is 6.98. The van der Waals surface area contributed by atoms with Gasteiger partial charge in [-0.2, -0.15) is 0 Å². The Bertz CT molecular complexity index is 847. The second-order valence-electron chi connectivity index (χ2n) is 5.88. The number of benzene rings is 2. The Labute approximate surface area is 154 Å². The van der Waals surface area contributed by atoms with Gasteiger partial charge in [-0.3, -0.25) is 9.52 Å². The summed E-state index contributed by atoms with van der Waals surface area (Å²) >= 11 is 0. The van der Waals surface area contributed by atoms with E-state index >= 15 is 0 Å². The van der Waals surface area contributed by atoms with Gasteiger partial charge < -0.3 is 10.2 Å². The van der Waals surface area contributed by atoms with Crippen LogP contribution in [0.15, 0.2) is 60.7 Å². The molecule has 0 saturated carbocycles. The number of carbonyl (C=O) groups is 1.